The Kier molecular flexibility index (Phi) is 30.9. The van der Waals surface area contributed by atoms with Crippen LogP contribution in [0.4, 0.5) is 0 Å². The van der Waals surface area contributed by atoms with Crippen LogP contribution in [0.5, 0.6) is 11.5 Å². The van der Waals surface area contributed by atoms with E-state index in [1.807, 2.05) is 13.8 Å². The van der Waals surface area contributed by atoms with E-state index in [1.165, 1.54) is 48.5 Å². The van der Waals surface area contributed by atoms with Crippen LogP contribution in [0.15, 0.2) is 78.9 Å². The number of aliphatic hydroxyl groups excluding tert-OH is 3. The average Bonchev–Trinajstić information content (AvgIpc) is 1.79. The van der Waals surface area contributed by atoms with Crippen LogP contribution in [0.2, 0.25) is 0 Å². The van der Waals surface area contributed by atoms with E-state index in [0.717, 1.165) is 11.8 Å². The van der Waals surface area contributed by atoms with Crippen LogP contribution in [0.25, 0.3) is 0 Å². The smallest absolute Gasteiger partial charge is 0.326 e. The zero-order valence-corrected chi connectivity index (χ0v) is 53.3. The van der Waals surface area contributed by atoms with Crippen LogP contribution >= 0.6 is 0 Å². The Morgan fingerprint density at radius 3 is 1.39 bits per heavy atom. The van der Waals surface area contributed by atoms with Crippen molar-refractivity contribution in [3.63, 3.8) is 0 Å². The number of carboxylic acids is 2. The van der Waals surface area contributed by atoms with Gasteiger partial charge < -0.3 is 100.0 Å². The highest BCUT2D eigenvalue weighted by Gasteiger charge is 2.41. The molecule has 3 aromatic carbocycles. The number of aromatic hydroxyl groups is 2. The summed E-state index contributed by atoms with van der Waals surface area (Å²) in [6, 6.07) is 1.25. The fraction of sp³-hybridized carbons (Fsp3) is 0.508. The van der Waals surface area contributed by atoms with Crippen LogP contribution in [0, 0.1) is 11.8 Å². The maximum absolute atomic E-state index is 14.6. The number of nitrogens with two attached hydrogens (primary N) is 2. The van der Waals surface area contributed by atoms with Gasteiger partial charge in [-0.3, -0.25) is 57.5 Å². The molecule has 0 radical (unpaired) electrons. The second-order valence-electron chi connectivity index (χ2n) is 24.0. The zero-order valence-electron chi connectivity index (χ0n) is 53.3. The normalized spacial score (nSPS) is 16.3. The van der Waals surface area contributed by atoms with Crippen LogP contribution in [-0.2, 0) is 81.6 Å². The molecule has 1 fully saturated rings. The topological polar surface area (TPSA) is 527 Å². The molecule has 520 valence electrons. The molecule has 1 aliphatic heterocycles. The minimum Gasteiger partial charge on any atom is -0.508 e. The maximum Gasteiger partial charge on any atom is 0.326 e. The second-order valence-corrected chi connectivity index (χ2v) is 24.0. The molecule has 32 nitrogen and oxygen atoms in total. The molecule has 20 N–H and O–H groups in total. The highest BCUT2D eigenvalue weighted by Crippen LogP contribution is 2.21. The number of likely N-dealkylation sites (tertiary alicyclic amines) is 1. The third kappa shape index (κ3) is 25.6. The van der Waals surface area contributed by atoms with Gasteiger partial charge in [-0.25, -0.2) is 4.79 Å². The molecule has 95 heavy (non-hydrogen) atoms. The number of primary amides is 1. The molecule has 11 amide bonds. The van der Waals surface area contributed by atoms with Crippen molar-refractivity contribution in [2.24, 2.45) is 23.3 Å². The number of benzene rings is 3. The Bertz CT molecular complexity index is 3150. The third-order valence-corrected chi connectivity index (χ3v) is 15.1. The Hall–Kier alpha value is -9.79. The standard InChI is InChI=1S/C63H88N12O20/c1-32(2)24-40(64)53(84)67-44(28-37-15-19-39(80)20-16-37)58(89)74-52(34(5)78)61(92)73-48(31-77)62(93)75-23-9-12-49(75)60(91)72-47(30-76)59(90)69-43(27-36-13-17-38(79)18-14-36)56(87)68-42(26-35-10-7-6-8-11-35)55(86)66-41(21-22-51(82)83)54(85)70-45(29-50(65)81)57(88)71-46(63(94)95)25-33(3)4/h6-8,10-11,13-20,32-34,40-49,52,76-80H,9,12,21-31,64H2,1-5H3,(H2,65,81)(H,66,86)(H,67,84)(H,68,87)(H,69,90)(H,70,85)(H,71,88)(H,72,91)(H,73,92)(H,74,89)(H,82,83)(H,94,95)/t34-,40+,41+,42+,43+,44+,45+,46+,47+,48+,49+,52+/m1/s1. The number of carbonyl (C=O) groups is 13. The van der Waals surface area contributed by atoms with Gasteiger partial charge in [0.25, 0.3) is 0 Å². The fourth-order valence-corrected chi connectivity index (χ4v) is 10.2. The molecule has 1 saturated heterocycles. The van der Waals surface area contributed by atoms with Gasteiger partial charge in [0, 0.05) is 32.2 Å². The van der Waals surface area contributed by atoms with Crippen LogP contribution in [0.3, 0.4) is 0 Å². The molecule has 0 aliphatic carbocycles. The molecule has 12 atom stereocenters. The van der Waals surface area contributed by atoms with Crippen molar-refractivity contribution in [2.75, 3.05) is 19.8 Å². The summed E-state index contributed by atoms with van der Waals surface area (Å²) >= 11 is 0. The van der Waals surface area contributed by atoms with E-state index in [0.29, 0.717) is 16.7 Å². The summed E-state index contributed by atoms with van der Waals surface area (Å²) in [4.78, 5) is 177. The SMILES string of the molecule is CC(C)C[C@H](NC(=O)[C@H](CC(N)=O)NC(=O)[C@H](CCC(=O)O)NC(=O)[C@H](Cc1ccccc1)NC(=O)[C@H](Cc1ccc(O)cc1)NC(=O)[C@H](CO)NC(=O)[C@@H]1CCCN1C(=O)[C@H](CO)NC(=O)[C@@H](NC(=O)[C@H](Cc1ccc(O)cc1)NC(=O)[C@@H](N)CC(C)C)[C@@H](C)O)C(=O)O. The zero-order chi connectivity index (χ0) is 70.8. The number of hydrogen-bond acceptors (Lipinski definition) is 19. The van der Waals surface area contributed by atoms with Gasteiger partial charge in [0.2, 0.25) is 65.0 Å². The van der Waals surface area contributed by atoms with Crippen molar-refractivity contribution in [2.45, 2.75) is 171 Å². The third-order valence-electron chi connectivity index (χ3n) is 15.1. The lowest BCUT2D eigenvalue weighted by molar-refractivity contribution is -0.144. The number of nitrogens with one attached hydrogen (secondary N) is 9. The quantitative estimate of drug-likeness (QED) is 0.0261. The van der Waals surface area contributed by atoms with Crippen molar-refractivity contribution in [3.8, 4) is 11.5 Å². The van der Waals surface area contributed by atoms with Gasteiger partial charge in [0.15, 0.2) is 0 Å². The summed E-state index contributed by atoms with van der Waals surface area (Å²) in [5, 5.41) is 92.6. The van der Waals surface area contributed by atoms with Crippen molar-refractivity contribution in [1.82, 2.24) is 52.8 Å². The first-order chi connectivity index (χ1) is 44.8. The Morgan fingerprint density at radius 1 is 0.505 bits per heavy atom. The Balaban J connectivity index is 1.57. The summed E-state index contributed by atoms with van der Waals surface area (Å²) in [6.45, 7) is 5.86. The minimum atomic E-state index is -1.87. The van der Waals surface area contributed by atoms with Crippen molar-refractivity contribution in [1.29, 1.82) is 0 Å². The van der Waals surface area contributed by atoms with E-state index >= 15 is 0 Å². The largest absolute Gasteiger partial charge is 0.508 e. The number of phenolic OH excluding ortho intramolecular Hbond substituents is 2. The number of phenols is 2. The summed E-state index contributed by atoms with van der Waals surface area (Å²) in [5.41, 5.74) is 12.7. The molecule has 3 aromatic rings. The van der Waals surface area contributed by atoms with Crippen LogP contribution < -0.4 is 59.3 Å². The number of carboxylic acid groups (broad SMARTS) is 2. The van der Waals surface area contributed by atoms with E-state index in [9.17, 15) is 98.1 Å². The number of amides is 11. The first-order valence-corrected chi connectivity index (χ1v) is 30.8. The van der Waals surface area contributed by atoms with Crippen molar-refractivity contribution >= 4 is 76.9 Å². The fourth-order valence-electron chi connectivity index (χ4n) is 10.2. The molecule has 1 heterocycles. The molecule has 0 spiro atoms. The van der Waals surface area contributed by atoms with Gasteiger partial charge in [0.1, 0.15) is 71.9 Å². The molecule has 4 rings (SSSR count). The van der Waals surface area contributed by atoms with Gasteiger partial charge in [0.05, 0.1) is 31.8 Å². The molecule has 0 aromatic heterocycles. The molecule has 0 bridgehead atoms. The van der Waals surface area contributed by atoms with E-state index in [1.54, 1.807) is 44.2 Å². The van der Waals surface area contributed by atoms with E-state index < -0.39 is 182 Å². The van der Waals surface area contributed by atoms with Crippen LogP contribution in [0.1, 0.15) is 96.3 Å². The molecular weight excluding hydrogens is 1240 g/mol. The van der Waals surface area contributed by atoms with Crippen molar-refractivity contribution in [3.05, 3.63) is 95.6 Å². The lowest BCUT2D eigenvalue weighted by Crippen LogP contribution is -2.62. The molecule has 0 saturated carbocycles. The van der Waals surface area contributed by atoms with Gasteiger partial charge in [-0.2, -0.15) is 0 Å². The highest BCUT2D eigenvalue weighted by atomic mass is 16.4. The first kappa shape index (κ1) is 77.7. The van der Waals surface area contributed by atoms with Crippen LogP contribution in [-0.4, -0.2) is 210 Å². The Labute approximate surface area is 547 Å². The number of rotatable bonds is 38. The second kappa shape index (κ2) is 37.8. The lowest BCUT2D eigenvalue weighted by atomic mass is 10.0. The predicted octanol–water partition coefficient (Wildman–Crippen LogP) is -3.91. The average molecular weight is 1330 g/mol. The van der Waals surface area contributed by atoms with Crippen molar-refractivity contribution < 1.29 is 98.1 Å². The summed E-state index contributed by atoms with van der Waals surface area (Å²) in [5.74, 6) is -15.1. The van der Waals surface area contributed by atoms with Gasteiger partial charge in [-0.1, -0.05) is 82.3 Å². The number of aliphatic hydroxyl groups is 3. The van der Waals surface area contributed by atoms with Gasteiger partial charge in [-0.15, -0.1) is 0 Å². The van der Waals surface area contributed by atoms with E-state index in [-0.39, 0.29) is 74.8 Å². The van der Waals surface area contributed by atoms with E-state index in [4.69, 9.17) is 11.5 Å². The molecule has 1 aliphatic rings. The summed E-state index contributed by atoms with van der Waals surface area (Å²) < 4.78 is 0. The van der Waals surface area contributed by atoms with Gasteiger partial charge >= 0.3 is 11.9 Å². The molecule has 32 heteroatoms. The number of aliphatic carboxylic acids is 2. The summed E-state index contributed by atoms with van der Waals surface area (Å²) in [7, 11) is 0. The minimum absolute atomic E-state index is 0.00347. The monoisotopic (exact) mass is 1330 g/mol. The molecule has 0 unspecified atom stereocenters. The van der Waals surface area contributed by atoms with Gasteiger partial charge in [-0.05, 0) is 91.8 Å². The first-order valence-electron chi connectivity index (χ1n) is 30.8. The number of carbonyl (C=O) groups excluding carboxylic acids is 11. The maximum atomic E-state index is 14.6. The molecular formula is C63H88N12O20. The lowest BCUT2D eigenvalue weighted by Gasteiger charge is -2.31. The Morgan fingerprint density at radius 2 is 0.926 bits per heavy atom. The number of hydrogen-bond donors (Lipinski definition) is 18. The number of nitrogens with zero attached hydrogens (tertiary/aromatic N) is 1. The summed E-state index contributed by atoms with van der Waals surface area (Å²) in [6.07, 6.45) is -4.45. The van der Waals surface area contributed by atoms with E-state index in [2.05, 4.69) is 47.9 Å². The predicted molar refractivity (Wildman–Crippen MR) is 337 cm³/mol. The highest BCUT2D eigenvalue weighted by molar-refractivity contribution is 6.00.